The Hall–Kier alpha value is -2.00. The van der Waals surface area contributed by atoms with Crippen LogP contribution in [0.15, 0.2) is 22.7 Å². The van der Waals surface area contributed by atoms with E-state index in [1.54, 1.807) is 25.1 Å². The molecular weight excluding hydrogens is 366 g/mol. The van der Waals surface area contributed by atoms with Gasteiger partial charge in [-0.15, -0.1) is 0 Å². The largest absolute Gasteiger partial charge is 0.416 e. The van der Waals surface area contributed by atoms with Crippen molar-refractivity contribution >= 4 is 39.2 Å². The third kappa shape index (κ3) is 3.56. The summed E-state index contributed by atoms with van der Waals surface area (Å²) in [5, 5.41) is 11.0. The van der Waals surface area contributed by atoms with Crippen LogP contribution in [0.2, 0.25) is 5.28 Å². The summed E-state index contributed by atoms with van der Waals surface area (Å²) in [6, 6.07) is 4.32. The lowest BCUT2D eigenvalue weighted by molar-refractivity contribution is -0.385. The van der Waals surface area contributed by atoms with E-state index < -0.39 is 4.92 Å². The third-order valence-electron chi connectivity index (χ3n) is 2.31. The second-order valence-corrected chi connectivity index (χ2v) is 5.22. The minimum atomic E-state index is -0.560. The van der Waals surface area contributed by atoms with Gasteiger partial charge < -0.3 is 9.64 Å². The van der Waals surface area contributed by atoms with Crippen molar-refractivity contribution in [2.45, 2.75) is 0 Å². The summed E-state index contributed by atoms with van der Waals surface area (Å²) in [5.41, 5.74) is -0.215. The molecule has 0 saturated heterocycles. The summed E-state index contributed by atoms with van der Waals surface area (Å²) in [7, 11) is 3.44. The second-order valence-electron chi connectivity index (χ2n) is 4.03. The quantitative estimate of drug-likeness (QED) is 0.599. The minimum absolute atomic E-state index is 0.00512. The van der Waals surface area contributed by atoms with Crippen molar-refractivity contribution in [3.8, 4) is 11.8 Å². The maximum Gasteiger partial charge on any atom is 0.328 e. The van der Waals surface area contributed by atoms with Gasteiger partial charge in [-0.25, -0.2) is 0 Å². The van der Waals surface area contributed by atoms with Crippen LogP contribution in [-0.4, -0.2) is 34.0 Å². The van der Waals surface area contributed by atoms with Crippen LogP contribution in [0.5, 0.6) is 11.8 Å². The molecule has 110 valence electrons. The Labute approximate surface area is 133 Å². The van der Waals surface area contributed by atoms with E-state index in [1.165, 1.54) is 12.1 Å². The van der Waals surface area contributed by atoms with Gasteiger partial charge in [0, 0.05) is 20.2 Å². The number of benzene rings is 1. The van der Waals surface area contributed by atoms with E-state index in [0.717, 1.165) is 0 Å². The van der Waals surface area contributed by atoms with Gasteiger partial charge in [0.1, 0.15) is 0 Å². The molecule has 2 rings (SSSR count). The molecule has 0 fully saturated rings. The molecule has 0 amide bonds. The zero-order valence-corrected chi connectivity index (χ0v) is 13.3. The van der Waals surface area contributed by atoms with Crippen molar-refractivity contribution < 1.29 is 9.66 Å². The van der Waals surface area contributed by atoms with E-state index in [1.807, 2.05) is 0 Å². The van der Waals surface area contributed by atoms with Crippen LogP contribution >= 0.6 is 27.5 Å². The number of rotatable bonds is 4. The minimum Gasteiger partial charge on any atom is -0.416 e. The van der Waals surface area contributed by atoms with E-state index in [2.05, 4.69) is 30.9 Å². The molecule has 0 spiro atoms. The number of anilines is 1. The maximum atomic E-state index is 11.0. The molecule has 0 radical (unpaired) electrons. The van der Waals surface area contributed by atoms with Gasteiger partial charge in [-0.1, -0.05) is 6.07 Å². The number of nitro groups is 1. The molecule has 10 heteroatoms. The maximum absolute atomic E-state index is 11.0. The van der Waals surface area contributed by atoms with E-state index >= 15 is 0 Å². The molecule has 0 N–H and O–H groups in total. The molecule has 0 unspecified atom stereocenters. The Morgan fingerprint density at radius 3 is 2.67 bits per heavy atom. The highest BCUT2D eigenvalue weighted by atomic mass is 79.9. The SMILES string of the molecule is CN(C)c1nc(Cl)nc(Oc2c(Br)cccc2[N+](=O)[O-])n1. The summed E-state index contributed by atoms with van der Waals surface area (Å²) < 4.78 is 5.81. The number of hydrogen-bond donors (Lipinski definition) is 0. The average Bonchev–Trinajstić information content (AvgIpc) is 2.40. The molecule has 8 nitrogen and oxygen atoms in total. The lowest BCUT2D eigenvalue weighted by Gasteiger charge is -2.11. The molecule has 0 aliphatic rings. The Balaban J connectivity index is 2.45. The predicted molar refractivity (Wildman–Crippen MR) is 80.0 cm³/mol. The first-order chi connectivity index (χ1) is 9.88. The Morgan fingerprint density at radius 1 is 1.33 bits per heavy atom. The Kier molecular flexibility index (Phi) is 4.53. The number of aromatic nitrogens is 3. The van der Waals surface area contributed by atoms with Crippen molar-refractivity contribution in [1.82, 2.24) is 15.0 Å². The number of hydrogen-bond acceptors (Lipinski definition) is 7. The highest BCUT2D eigenvalue weighted by molar-refractivity contribution is 9.10. The molecule has 1 heterocycles. The van der Waals surface area contributed by atoms with Crippen LogP contribution in [0, 0.1) is 10.1 Å². The summed E-state index contributed by atoms with van der Waals surface area (Å²) in [4.78, 5) is 23.8. The zero-order chi connectivity index (χ0) is 15.6. The fourth-order valence-electron chi connectivity index (χ4n) is 1.40. The molecule has 0 aliphatic heterocycles. The fourth-order valence-corrected chi connectivity index (χ4v) is 1.99. The van der Waals surface area contributed by atoms with Gasteiger partial charge in [0.05, 0.1) is 9.40 Å². The molecule has 0 saturated carbocycles. The average molecular weight is 375 g/mol. The van der Waals surface area contributed by atoms with Gasteiger partial charge in [-0.3, -0.25) is 10.1 Å². The summed E-state index contributed by atoms with van der Waals surface area (Å²) in [6.45, 7) is 0. The number of ether oxygens (including phenoxy) is 1. The summed E-state index contributed by atoms with van der Waals surface area (Å²) >= 11 is 8.98. The van der Waals surface area contributed by atoms with Crippen LogP contribution in [-0.2, 0) is 0 Å². The smallest absolute Gasteiger partial charge is 0.328 e. The van der Waals surface area contributed by atoms with Crippen LogP contribution in [0.3, 0.4) is 0 Å². The van der Waals surface area contributed by atoms with Crippen LogP contribution in [0.4, 0.5) is 11.6 Å². The van der Waals surface area contributed by atoms with Gasteiger partial charge in [-0.2, -0.15) is 15.0 Å². The molecule has 0 atom stereocenters. The van der Waals surface area contributed by atoms with E-state index in [-0.39, 0.29) is 28.7 Å². The topological polar surface area (TPSA) is 94.3 Å². The number of halogens is 2. The van der Waals surface area contributed by atoms with E-state index in [0.29, 0.717) is 4.47 Å². The first-order valence-electron chi connectivity index (χ1n) is 5.58. The standard InChI is InChI=1S/C11H9BrClN5O3/c1-17(2)10-14-9(13)15-11(16-10)21-8-6(12)4-3-5-7(8)18(19)20/h3-5H,1-2H3. The van der Waals surface area contributed by atoms with Crippen LogP contribution in [0.1, 0.15) is 0 Å². The van der Waals surface area contributed by atoms with Crippen molar-refractivity contribution in [2.75, 3.05) is 19.0 Å². The molecule has 0 bridgehead atoms. The molecule has 2 aromatic rings. The van der Waals surface area contributed by atoms with Gasteiger partial charge in [0.15, 0.2) is 0 Å². The summed E-state index contributed by atoms with van der Waals surface area (Å²) in [6.07, 6.45) is 0. The zero-order valence-electron chi connectivity index (χ0n) is 10.9. The van der Waals surface area contributed by atoms with E-state index in [4.69, 9.17) is 16.3 Å². The second kappa shape index (κ2) is 6.19. The fraction of sp³-hybridized carbons (Fsp3) is 0.182. The van der Waals surface area contributed by atoms with Crippen molar-refractivity contribution in [2.24, 2.45) is 0 Å². The Bertz CT molecular complexity index is 698. The number of para-hydroxylation sites is 1. The first-order valence-corrected chi connectivity index (χ1v) is 6.75. The molecular formula is C11H9BrClN5O3. The van der Waals surface area contributed by atoms with Crippen molar-refractivity contribution in [1.29, 1.82) is 0 Å². The summed E-state index contributed by atoms with van der Waals surface area (Å²) in [5.74, 6) is 0.272. The van der Waals surface area contributed by atoms with Gasteiger partial charge >= 0.3 is 11.7 Å². The van der Waals surface area contributed by atoms with Crippen molar-refractivity contribution in [3.05, 3.63) is 38.1 Å². The normalized spacial score (nSPS) is 10.3. The van der Waals surface area contributed by atoms with Crippen molar-refractivity contribution in [3.63, 3.8) is 0 Å². The van der Waals surface area contributed by atoms with Gasteiger partial charge in [0.2, 0.25) is 17.0 Å². The first kappa shape index (κ1) is 15.4. The lowest BCUT2D eigenvalue weighted by atomic mass is 10.3. The molecule has 1 aromatic carbocycles. The Morgan fingerprint density at radius 2 is 2.05 bits per heavy atom. The lowest BCUT2D eigenvalue weighted by Crippen LogP contribution is -2.13. The van der Waals surface area contributed by atoms with Gasteiger partial charge in [-0.05, 0) is 33.6 Å². The third-order valence-corrected chi connectivity index (χ3v) is 3.11. The van der Waals surface area contributed by atoms with Crippen LogP contribution < -0.4 is 9.64 Å². The highest BCUT2D eigenvalue weighted by Gasteiger charge is 2.20. The molecule has 0 aliphatic carbocycles. The van der Waals surface area contributed by atoms with Crippen LogP contribution in [0.25, 0.3) is 0 Å². The van der Waals surface area contributed by atoms with E-state index in [9.17, 15) is 10.1 Å². The van der Waals surface area contributed by atoms with Gasteiger partial charge in [0.25, 0.3) is 0 Å². The number of nitrogens with zero attached hydrogens (tertiary/aromatic N) is 5. The number of nitro benzene ring substituents is 1. The predicted octanol–water partition coefficient (Wildman–Crippen LogP) is 3.05. The monoisotopic (exact) mass is 373 g/mol. The molecule has 21 heavy (non-hydrogen) atoms. The molecule has 1 aromatic heterocycles. The highest BCUT2D eigenvalue weighted by Crippen LogP contribution is 2.37.